The van der Waals surface area contributed by atoms with E-state index in [4.69, 9.17) is 0 Å². The summed E-state index contributed by atoms with van der Waals surface area (Å²) in [4.78, 5) is 22.6. The van der Waals surface area contributed by atoms with E-state index in [-0.39, 0.29) is 24.1 Å². The number of nitrogens with one attached hydrogen (secondary N) is 2. The Kier molecular flexibility index (Phi) is 5.12. The number of aryl methyl sites for hydroxylation is 2. The first-order valence-corrected chi connectivity index (χ1v) is 7.58. The van der Waals surface area contributed by atoms with Gasteiger partial charge in [-0.25, -0.2) is 0 Å². The maximum absolute atomic E-state index is 12.1. The fourth-order valence-electron chi connectivity index (χ4n) is 2.84. The Labute approximate surface area is 129 Å². The van der Waals surface area contributed by atoms with Gasteiger partial charge in [-0.05, 0) is 32.7 Å². The van der Waals surface area contributed by atoms with Crippen LogP contribution in [0, 0.1) is 29.9 Å². The third-order valence-corrected chi connectivity index (χ3v) is 4.25. The molecule has 8 heteroatoms. The summed E-state index contributed by atoms with van der Waals surface area (Å²) in [6.07, 6.45) is 1.32. The largest absolute Gasteiger partial charge is 0.352 e. The smallest absolute Gasteiger partial charge is 0.312 e. The number of aromatic nitrogens is 2. The van der Waals surface area contributed by atoms with Crippen LogP contribution in [-0.2, 0) is 11.3 Å². The van der Waals surface area contributed by atoms with Crippen LogP contribution in [0.1, 0.15) is 31.2 Å². The number of piperidine rings is 1. The summed E-state index contributed by atoms with van der Waals surface area (Å²) in [5.74, 6) is 0.413. The predicted molar refractivity (Wildman–Crippen MR) is 81.6 cm³/mol. The molecule has 0 radical (unpaired) electrons. The van der Waals surface area contributed by atoms with Crippen molar-refractivity contribution in [3.05, 3.63) is 21.5 Å². The second-order valence-corrected chi connectivity index (χ2v) is 5.89. The second kappa shape index (κ2) is 6.87. The molecule has 22 heavy (non-hydrogen) atoms. The zero-order valence-electron chi connectivity index (χ0n) is 13.3. The van der Waals surface area contributed by atoms with Gasteiger partial charge in [-0.3, -0.25) is 19.6 Å². The fraction of sp³-hybridized carbons (Fsp3) is 0.714. The molecule has 1 aliphatic heterocycles. The summed E-state index contributed by atoms with van der Waals surface area (Å²) in [6, 6.07) is 0.149. The minimum atomic E-state index is -0.427. The van der Waals surface area contributed by atoms with Crippen molar-refractivity contribution in [3.63, 3.8) is 0 Å². The molecule has 2 N–H and O–H groups in total. The molecule has 2 heterocycles. The van der Waals surface area contributed by atoms with E-state index < -0.39 is 4.92 Å². The first-order valence-electron chi connectivity index (χ1n) is 7.58. The molecule has 2 rings (SSSR count). The van der Waals surface area contributed by atoms with Gasteiger partial charge in [0.2, 0.25) is 5.91 Å². The Morgan fingerprint density at radius 3 is 2.86 bits per heavy atom. The SMILES string of the molecule is Cc1nn(CCC(=O)NC2CNCCC2C)c(C)c1[N+](=O)[O-]. The Morgan fingerprint density at radius 1 is 1.55 bits per heavy atom. The number of hydrogen-bond acceptors (Lipinski definition) is 5. The molecule has 1 saturated heterocycles. The number of rotatable bonds is 5. The Bertz CT molecular complexity index is 569. The molecular weight excluding hydrogens is 286 g/mol. The van der Waals surface area contributed by atoms with Crippen LogP contribution in [-0.4, -0.2) is 39.7 Å². The quantitative estimate of drug-likeness (QED) is 0.622. The van der Waals surface area contributed by atoms with Gasteiger partial charge in [0.15, 0.2) is 0 Å². The van der Waals surface area contributed by atoms with Crippen molar-refractivity contribution in [2.75, 3.05) is 13.1 Å². The normalized spacial score (nSPS) is 21.6. The van der Waals surface area contributed by atoms with Crippen molar-refractivity contribution in [2.24, 2.45) is 5.92 Å². The van der Waals surface area contributed by atoms with Gasteiger partial charge in [0, 0.05) is 19.0 Å². The molecule has 2 unspecified atom stereocenters. The minimum absolute atomic E-state index is 0.0329. The van der Waals surface area contributed by atoms with E-state index in [9.17, 15) is 14.9 Å². The third-order valence-electron chi connectivity index (χ3n) is 4.25. The van der Waals surface area contributed by atoms with Gasteiger partial charge in [0.25, 0.3) is 0 Å². The molecule has 1 aromatic rings. The molecule has 0 spiro atoms. The average Bonchev–Trinajstić information content (AvgIpc) is 2.73. The Balaban J connectivity index is 1.91. The lowest BCUT2D eigenvalue weighted by Crippen LogP contribution is -2.50. The molecule has 1 amide bonds. The molecular formula is C14H23N5O3. The molecule has 122 valence electrons. The minimum Gasteiger partial charge on any atom is -0.352 e. The van der Waals surface area contributed by atoms with E-state index in [2.05, 4.69) is 22.7 Å². The van der Waals surface area contributed by atoms with Gasteiger partial charge in [-0.2, -0.15) is 5.10 Å². The number of amides is 1. The fourth-order valence-corrected chi connectivity index (χ4v) is 2.84. The van der Waals surface area contributed by atoms with Crippen LogP contribution in [0.4, 0.5) is 5.69 Å². The number of carbonyl (C=O) groups excluding carboxylic acids is 1. The second-order valence-electron chi connectivity index (χ2n) is 5.89. The molecule has 0 aromatic carbocycles. The van der Waals surface area contributed by atoms with Crippen LogP contribution in [0.2, 0.25) is 0 Å². The van der Waals surface area contributed by atoms with E-state index in [0.717, 1.165) is 19.5 Å². The molecule has 0 saturated carbocycles. The molecule has 0 aliphatic carbocycles. The highest BCUT2D eigenvalue weighted by Crippen LogP contribution is 2.21. The summed E-state index contributed by atoms with van der Waals surface area (Å²) in [7, 11) is 0. The molecule has 1 aromatic heterocycles. The van der Waals surface area contributed by atoms with Gasteiger partial charge in [0.05, 0.1) is 11.5 Å². The Morgan fingerprint density at radius 2 is 2.27 bits per heavy atom. The van der Waals surface area contributed by atoms with Crippen molar-refractivity contribution in [1.82, 2.24) is 20.4 Å². The van der Waals surface area contributed by atoms with Gasteiger partial charge in [0.1, 0.15) is 11.4 Å². The topological polar surface area (TPSA) is 102 Å². The van der Waals surface area contributed by atoms with E-state index >= 15 is 0 Å². The zero-order valence-corrected chi connectivity index (χ0v) is 13.3. The lowest BCUT2D eigenvalue weighted by atomic mass is 9.95. The number of carbonyl (C=O) groups is 1. The average molecular weight is 309 g/mol. The van der Waals surface area contributed by atoms with Crippen LogP contribution in [0.25, 0.3) is 0 Å². The molecule has 1 aliphatic rings. The first kappa shape index (κ1) is 16.4. The third kappa shape index (κ3) is 3.62. The molecule has 0 bridgehead atoms. The number of hydrogen-bond donors (Lipinski definition) is 2. The maximum atomic E-state index is 12.1. The lowest BCUT2D eigenvalue weighted by molar-refractivity contribution is -0.386. The number of nitro groups is 1. The summed E-state index contributed by atoms with van der Waals surface area (Å²) < 4.78 is 1.54. The Hall–Kier alpha value is -1.96. The number of nitrogens with zero attached hydrogens (tertiary/aromatic N) is 3. The van der Waals surface area contributed by atoms with Crippen LogP contribution in [0.15, 0.2) is 0 Å². The monoisotopic (exact) mass is 309 g/mol. The van der Waals surface area contributed by atoms with Crippen molar-refractivity contribution < 1.29 is 9.72 Å². The standard InChI is InChI=1S/C14H23N5O3/c1-9-4-6-15-8-12(9)16-13(20)5-7-18-11(3)14(19(21)22)10(2)17-18/h9,12,15H,4-8H2,1-3H3,(H,16,20). The van der Waals surface area contributed by atoms with Crippen molar-refractivity contribution in [2.45, 2.75) is 46.2 Å². The summed E-state index contributed by atoms with van der Waals surface area (Å²) in [5, 5.41) is 21.4. The van der Waals surface area contributed by atoms with Gasteiger partial charge >= 0.3 is 5.69 Å². The first-order chi connectivity index (χ1) is 10.4. The van der Waals surface area contributed by atoms with Crippen LogP contribution < -0.4 is 10.6 Å². The van der Waals surface area contributed by atoms with Gasteiger partial charge < -0.3 is 10.6 Å². The van der Waals surface area contributed by atoms with Crippen molar-refractivity contribution in [3.8, 4) is 0 Å². The molecule has 8 nitrogen and oxygen atoms in total. The summed E-state index contributed by atoms with van der Waals surface area (Å²) in [6.45, 7) is 7.53. The van der Waals surface area contributed by atoms with Crippen LogP contribution in [0.5, 0.6) is 0 Å². The highest BCUT2D eigenvalue weighted by atomic mass is 16.6. The van der Waals surface area contributed by atoms with Crippen LogP contribution in [0.3, 0.4) is 0 Å². The van der Waals surface area contributed by atoms with E-state index in [1.54, 1.807) is 13.8 Å². The van der Waals surface area contributed by atoms with E-state index in [1.807, 2.05) is 0 Å². The van der Waals surface area contributed by atoms with Gasteiger partial charge in [-0.15, -0.1) is 0 Å². The predicted octanol–water partition coefficient (Wildman–Crippen LogP) is 0.912. The zero-order chi connectivity index (χ0) is 16.3. The highest BCUT2D eigenvalue weighted by molar-refractivity contribution is 5.76. The van der Waals surface area contributed by atoms with Crippen molar-refractivity contribution in [1.29, 1.82) is 0 Å². The van der Waals surface area contributed by atoms with E-state index in [0.29, 0.717) is 23.9 Å². The lowest BCUT2D eigenvalue weighted by Gasteiger charge is -2.30. The maximum Gasteiger partial charge on any atom is 0.312 e. The van der Waals surface area contributed by atoms with Crippen molar-refractivity contribution >= 4 is 11.6 Å². The molecule has 1 fully saturated rings. The highest BCUT2D eigenvalue weighted by Gasteiger charge is 2.24. The summed E-state index contributed by atoms with van der Waals surface area (Å²) in [5.41, 5.74) is 0.904. The molecule has 2 atom stereocenters. The van der Waals surface area contributed by atoms with E-state index in [1.165, 1.54) is 4.68 Å². The van der Waals surface area contributed by atoms with Crippen LogP contribution >= 0.6 is 0 Å². The van der Waals surface area contributed by atoms with Gasteiger partial charge in [-0.1, -0.05) is 6.92 Å². The summed E-state index contributed by atoms with van der Waals surface area (Å²) >= 11 is 0.